The number of nitrogens with zero attached hydrogens (tertiary/aromatic N) is 2. The number of halogens is 1. The van der Waals surface area contributed by atoms with E-state index in [2.05, 4.69) is 20.7 Å². The summed E-state index contributed by atoms with van der Waals surface area (Å²) in [7, 11) is 0. The van der Waals surface area contributed by atoms with Crippen molar-refractivity contribution in [1.29, 1.82) is 0 Å². The summed E-state index contributed by atoms with van der Waals surface area (Å²) < 4.78 is 0. The second-order valence-electron chi connectivity index (χ2n) is 2.26. The molecule has 1 aromatic rings. The fourth-order valence-corrected chi connectivity index (χ4v) is 0.801. The lowest BCUT2D eigenvalue weighted by atomic mass is 10.5. The Morgan fingerprint density at radius 1 is 1.85 bits per heavy atom. The maximum atomic E-state index is 10.9. The molecule has 0 saturated carbocycles. The summed E-state index contributed by atoms with van der Waals surface area (Å²) in [6.45, 7) is 1.95. The Morgan fingerprint density at radius 2 is 2.62 bits per heavy atom. The Labute approximate surface area is 79.8 Å². The zero-order valence-corrected chi connectivity index (χ0v) is 7.80. The first kappa shape index (κ1) is 9.73. The van der Waals surface area contributed by atoms with Gasteiger partial charge in [-0.05, 0) is 6.42 Å². The van der Waals surface area contributed by atoms with Gasteiger partial charge in [0, 0.05) is 6.21 Å². The van der Waals surface area contributed by atoms with Gasteiger partial charge < -0.3 is 0 Å². The van der Waals surface area contributed by atoms with Crippen LogP contribution >= 0.6 is 11.6 Å². The normalized spacial score (nSPS) is 10.6. The van der Waals surface area contributed by atoms with Gasteiger partial charge in [-0.25, -0.2) is 5.10 Å². The first-order valence-electron chi connectivity index (χ1n) is 3.76. The zero-order valence-electron chi connectivity index (χ0n) is 7.04. The van der Waals surface area contributed by atoms with E-state index in [1.807, 2.05) is 6.92 Å². The van der Waals surface area contributed by atoms with Crippen LogP contribution in [0.25, 0.3) is 0 Å². The standard InChI is InChI=1S/C7H9ClN4O/c1-2-3-9-11-5-4-10-12-7(13)6(5)8/h3-4H,2H2,1H3,(H2,11,12,13). The van der Waals surface area contributed by atoms with Crippen molar-refractivity contribution in [3.63, 3.8) is 0 Å². The monoisotopic (exact) mass is 200 g/mol. The number of hydrogen-bond acceptors (Lipinski definition) is 4. The van der Waals surface area contributed by atoms with Gasteiger partial charge in [-0.1, -0.05) is 18.5 Å². The van der Waals surface area contributed by atoms with Gasteiger partial charge in [0.1, 0.15) is 10.7 Å². The Morgan fingerprint density at radius 3 is 3.31 bits per heavy atom. The molecule has 0 saturated heterocycles. The van der Waals surface area contributed by atoms with Crippen LogP contribution in [0, 0.1) is 0 Å². The lowest BCUT2D eigenvalue weighted by Gasteiger charge is -1.99. The number of anilines is 1. The van der Waals surface area contributed by atoms with E-state index in [0.29, 0.717) is 5.69 Å². The van der Waals surface area contributed by atoms with E-state index in [9.17, 15) is 4.79 Å². The van der Waals surface area contributed by atoms with Crippen molar-refractivity contribution in [2.24, 2.45) is 5.10 Å². The van der Waals surface area contributed by atoms with E-state index in [1.54, 1.807) is 6.21 Å². The predicted molar refractivity (Wildman–Crippen MR) is 52.3 cm³/mol. The summed E-state index contributed by atoms with van der Waals surface area (Å²) in [5, 5.41) is 9.63. The van der Waals surface area contributed by atoms with Crippen LogP contribution in [0.5, 0.6) is 0 Å². The maximum Gasteiger partial charge on any atom is 0.285 e. The molecular formula is C7H9ClN4O. The molecule has 1 rings (SSSR count). The molecule has 0 aliphatic heterocycles. The highest BCUT2D eigenvalue weighted by molar-refractivity contribution is 6.32. The third kappa shape index (κ3) is 2.55. The van der Waals surface area contributed by atoms with Crippen molar-refractivity contribution in [2.45, 2.75) is 13.3 Å². The molecule has 0 aliphatic carbocycles. The molecule has 0 bridgehead atoms. The van der Waals surface area contributed by atoms with Gasteiger partial charge in [-0.2, -0.15) is 10.2 Å². The molecule has 0 unspecified atom stereocenters. The molecule has 0 fully saturated rings. The Kier molecular flexibility index (Phi) is 3.45. The fourth-order valence-electron chi connectivity index (χ4n) is 0.668. The molecule has 0 atom stereocenters. The van der Waals surface area contributed by atoms with E-state index in [4.69, 9.17) is 11.6 Å². The first-order valence-corrected chi connectivity index (χ1v) is 4.14. The van der Waals surface area contributed by atoms with Crippen LogP contribution in [0.15, 0.2) is 16.1 Å². The fraction of sp³-hybridized carbons (Fsp3) is 0.286. The summed E-state index contributed by atoms with van der Waals surface area (Å²) in [4.78, 5) is 10.9. The van der Waals surface area contributed by atoms with Crippen molar-refractivity contribution in [1.82, 2.24) is 10.2 Å². The van der Waals surface area contributed by atoms with Crippen molar-refractivity contribution >= 4 is 23.5 Å². The van der Waals surface area contributed by atoms with Crippen molar-refractivity contribution < 1.29 is 0 Å². The molecule has 0 amide bonds. The maximum absolute atomic E-state index is 10.9. The minimum absolute atomic E-state index is 0.0586. The SMILES string of the molecule is CCC=NNc1cn[nH]c(=O)c1Cl. The highest BCUT2D eigenvalue weighted by Crippen LogP contribution is 2.13. The topological polar surface area (TPSA) is 70.1 Å². The van der Waals surface area contributed by atoms with Crippen LogP contribution in [-0.4, -0.2) is 16.4 Å². The number of hydrazone groups is 1. The van der Waals surface area contributed by atoms with Crippen molar-refractivity contribution in [2.75, 3.05) is 5.43 Å². The molecule has 5 nitrogen and oxygen atoms in total. The Hall–Kier alpha value is -1.36. The van der Waals surface area contributed by atoms with E-state index in [1.165, 1.54) is 6.20 Å². The molecule has 1 heterocycles. The summed E-state index contributed by atoms with van der Waals surface area (Å²) in [6.07, 6.45) is 3.87. The molecule has 6 heteroatoms. The molecule has 0 aromatic carbocycles. The molecule has 70 valence electrons. The Bertz CT molecular complexity index is 360. The minimum Gasteiger partial charge on any atom is -0.275 e. The quantitative estimate of drug-likeness (QED) is 0.570. The van der Waals surface area contributed by atoms with E-state index < -0.39 is 5.56 Å². The van der Waals surface area contributed by atoms with E-state index >= 15 is 0 Å². The van der Waals surface area contributed by atoms with Crippen molar-refractivity contribution in [3.8, 4) is 0 Å². The lowest BCUT2D eigenvalue weighted by Crippen LogP contribution is -2.09. The van der Waals surface area contributed by atoms with Crippen LogP contribution in [0.2, 0.25) is 5.02 Å². The van der Waals surface area contributed by atoms with Gasteiger partial charge in [-0.15, -0.1) is 0 Å². The predicted octanol–water partition coefficient (Wildman–Crippen LogP) is 1.23. The second kappa shape index (κ2) is 4.61. The van der Waals surface area contributed by atoms with Gasteiger partial charge in [0.05, 0.1) is 6.20 Å². The Balaban J connectivity index is 2.83. The smallest absolute Gasteiger partial charge is 0.275 e. The summed E-state index contributed by atoms with van der Waals surface area (Å²) in [5.41, 5.74) is 2.58. The van der Waals surface area contributed by atoms with Gasteiger partial charge >= 0.3 is 0 Å². The van der Waals surface area contributed by atoms with Crippen LogP contribution in [-0.2, 0) is 0 Å². The number of hydrogen-bond donors (Lipinski definition) is 2. The first-order chi connectivity index (χ1) is 6.25. The molecule has 13 heavy (non-hydrogen) atoms. The van der Waals surface area contributed by atoms with E-state index in [-0.39, 0.29) is 5.02 Å². The van der Waals surface area contributed by atoms with Crippen LogP contribution in [0.3, 0.4) is 0 Å². The van der Waals surface area contributed by atoms with Gasteiger partial charge in [0.15, 0.2) is 0 Å². The second-order valence-corrected chi connectivity index (χ2v) is 2.64. The average molecular weight is 201 g/mol. The van der Waals surface area contributed by atoms with Crippen LogP contribution < -0.4 is 11.0 Å². The lowest BCUT2D eigenvalue weighted by molar-refractivity contribution is 0.987. The molecule has 0 radical (unpaired) electrons. The summed E-state index contributed by atoms with van der Waals surface area (Å²) in [6, 6.07) is 0. The highest BCUT2D eigenvalue weighted by atomic mass is 35.5. The number of aromatic nitrogens is 2. The van der Waals surface area contributed by atoms with Crippen LogP contribution in [0.1, 0.15) is 13.3 Å². The van der Waals surface area contributed by atoms with Gasteiger partial charge in [0.2, 0.25) is 0 Å². The molecule has 0 aliphatic rings. The molecule has 1 aromatic heterocycles. The summed E-state index contributed by atoms with van der Waals surface area (Å²) >= 11 is 5.65. The van der Waals surface area contributed by atoms with Crippen molar-refractivity contribution in [3.05, 3.63) is 21.6 Å². The minimum atomic E-state index is -0.432. The summed E-state index contributed by atoms with van der Waals surface area (Å²) in [5.74, 6) is 0. The van der Waals surface area contributed by atoms with E-state index in [0.717, 1.165) is 6.42 Å². The third-order valence-corrected chi connectivity index (χ3v) is 1.63. The number of rotatable bonds is 3. The number of nitrogens with one attached hydrogen (secondary N) is 2. The molecule has 2 N–H and O–H groups in total. The number of H-pyrrole nitrogens is 1. The zero-order chi connectivity index (χ0) is 9.68. The number of aromatic amines is 1. The van der Waals surface area contributed by atoms with Gasteiger partial charge in [-0.3, -0.25) is 10.2 Å². The highest BCUT2D eigenvalue weighted by Gasteiger charge is 2.02. The third-order valence-electron chi connectivity index (χ3n) is 1.25. The average Bonchev–Trinajstić information content (AvgIpc) is 2.13. The molecule has 0 spiro atoms. The van der Waals surface area contributed by atoms with Gasteiger partial charge in [0.25, 0.3) is 5.56 Å². The molecular weight excluding hydrogens is 192 g/mol. The largest absolute Gasteiger partial charge is 0.285 e. The van der Waals surface area contributed by atoms with Crippen LogP contribution in [0.4, 0.5) is 5.69 Å².